The summed E-state index contributed by atoms with van der Waals surface area (Å²) in [5, 5.41) is 2.58. The van der Waals surface area contributed by atoms with Gasteiger partial charge in [-0.3, -0.25) is 4.79 Å². The van der Waals surface area contributed by atoms with E-state index in [4.69, 9.17) is 14.2 Å². The molecule has 2 aliphatic heterocycles. The van der Waals surface area contributed by atoms with Gasteiger partial charge < -0.3 is 19.5 Å². The lowest BCUT2D eigenvalue weighted by Crippen LogP contribution is -2.35. The molecule has 9 nitrogen and oxygen atoms in total. The third-order valence-electron chi connectivity index (χ3n) is 5.24. The third-order valence-corrected chi connectivity index (χ3v) is 7.16. The smallest absolute Gasteiger partial charge is 0.331 e. The largest absolute Gasteiger partial charge is 0.454 e. The first-order chi connectivity index (χ1) is 15.9. The number of rotatable bonds is 7. The van der Waals surface area contributed by atoms with Crippen molar-refractivity contribution < 1.29 is 32.2 Å². The fourth-order valence-corrected chi connectivity index (χ4v) is 5.04. The molecule has 4 rings (SSSR count). The SMILES string of the molecule is O=C(COC(=O)/C=C/c1ccc2c(c1)OCO2)Nc1ccc(S(=O)(=O)N2CCCCC2)cc1. The van der Waals surface area contributed by atoms with Crippen LogP contribution in [0.2, 0.25) is 0 Å². The average Bonchev–Trinajstić information content (AvgIpc) is 3.30. The van der Waals surface area contributed by atoms with Crippen molar-refractivity contribution in [3.8, 4) is 11.5 Å². The van der Waals surface area contributed by atoms with Gasteiger partial charge in [-0.1, -0.05) is 12.5 Å². The van der Waals surface area contributed by atoms with Gasteiger partial charge in [-0.05, 0) is 60.9 Å². The molecule has 0 aliphatic carbocycles. The molecular formula is C23H24N2O7S. The molecule has 174 valence electrons. The summed E-state index contributed by atoms with van der Waals surface area (Å²) in [4.78, 5) is 24.2. The summed E-state index contributed by atoms with van der Waals surface area (Å²) in [5.74, 6) is 0.0282. The van der Waals surface area contributed by atoms with Gasteiger partial charge in [0.15, 0.2) is 18.1 Å². The number of fused-ring (bicyclic) bond motifs is 1. The number of benzene rings is 2. The molecule has 0 atom stereocenters. The second-order valence-corrected chi connectivity index (χ2v) is 9.53. The molecular weight excluding hydrogens is 448 g/mol. The standard InChI is InChI=1S/C23H24N2O7S/c26-22(15-30-23(27)11-5-17-4-10-20-21(14-17)32-16-31-20)24-18-6-8-19(9-7-18)33(28,29)25-12-2-1-3-13-25/h4-11,14H,1-3,12-13,15-16H2,(H,24,26)/b11-5+. The van der Waals surface area contributed by atoms with Gasteiger partial charge in [-0.15, -0.1) is 0 Å². The van der Waals surface area contributed by atoms with Crippen LogP contribution in [0.5, 0.6) is 11.5 Å². The average molecular weight is 473 g/mol. The number of hydrogen-bond donors (Lipinski definition) is 1. The van der Waals surface area contributed by atoms with Gasteiger partial charge in [-0.2, -0.15) is 4.31 Å². The summed E-state index contributed by atoms with van der Waals surface area (Å²) >= 11 is 0. The van der Waals surface area contributed by atoms with Gasteiger partial charge in [-0.25, -0.2) is 13.2 Å². The van der Waals surface area contributed by atoms with Crippen LogP contribution in [0.25, 0.3) is 6.08 Å². The molecule has 10 heteroatoms. The lowest BCUT2D eigenvalue weighted by Gasteiger charge is -2.25. The third kappa shape index (κ3) is 5.71. The van der Waals surface area contributed by atoms with Crippen molar-refractivity contribution in [2.75, 3.05) is 31.8 Å². The highest BCUT2D eigenvalue weighted by Crippen LogP contribution is 2.32. The van der Waals surface area contributed by atoms with Crippen molar-refractivity contribution in [2.24, 2.45) is 0 Å². The second-order valence-electron chi connectivity index (χ2n) is 7.59. The predicted octanol–water partition coefficient (Wildman–Crippen LogP) is 2.79. The molecule has 1 saturated heterocycles. The van der Waals surface area contributed by atoms with Gasteiger partial charge in [0.25, 0.3) is 5.91 Å². The van der Waals surface area contributed by atoms with Gasteiger partial charge in [0.05, 0.1) is 4.90 Å². The first-order valence-electron chi connectivity index (χ1n) is 10.6. The molecule has 1 amide bonds. The molecule has 33 heavy (non-hydrogen) atoms. The summed E-state index contributed by atoms with van der Waals surface area (Å²) in [6, 6.07) is 11.2. The van der Waals surface area contributed by atoms with Crippen LogP contribution < -0.4 is 14.8 Å². The Labute approximate surface area is 192 Å². The number of carbonyl (C=O) groups is 2. The zero-order chi connectivity index (χ0) is 23.3. The monoisotopic (exact) mass is 472 g/mol. The molecule has 0 radical (unpaired) electrons. The number of amides is 1. The highest BCUT2D eigenvalue weighted by molar-refractivity contribution is 7.89. The summed E-state index contributed by atoms with van der Waals surface area (Å²) in [5.41, 5.74) is 1.13. The molecule has 0 aromatic heterocycles. The lowest BCUT2D eigenvalue weighted by atomic mass is 10.2. The number of nitrogens with zero attached hydrogens (tertiary/aromatic N) is 1. The fourth-order valence-electron chi connectivity index (χ4n) is 3.53. The molecule has 1 fully saturated rings. The predicted molar refractivity (Wildman–Crippen MR) is 120 cm³/mol. The number of sulfonamides is 1. The lowest BCUT2D eigenvalue weighted by molar-refractivity contribution is -0.142. The van der Waals surface area contributed by atoms with Gasteiger partial charge >= 0.3 is 5.97 Å². The van der Waals surface area contributed by atoms with Crippen molar-refractivity contribution in [1.82, 2.24) is 4.31 Å². The van der Waals surface area contributed by atoms with Gasteiger partial charge in [0, 0.05) is 24.9 Å². The summed E-state index contributed by atoms with van der Waals surface area (Å²) in [7, 11) is -3.53. The molecule has 2 aromatic carbocycles. The Morgan fingerprint density at radius 2 is 1.73 bits per heavy atom. The molecule has 0 spiro atoms. The van der Waals surface area contributed by atoms with E-state index in [1.165, 1.54) is 34.6 Å². The quantitative estimate of drug-likeness (QED) is 0.487. The normalized spacial score (nSPS) is 16.0. The van der Waals surface area contributed by atoms with E-state index in [2.05, 4.69) is 5.32 Å². The van der Waals surface area contributed by atoms with Crippen LogP contribution in [-0.4, -0.2) is 51.1 Å². The van der Waals surface area contributed by atoms with E-state index in [1.807, 2.05) is 0 Å². The highest BCUT2D eigenvalue weighted by atomic mass is 32.2. The molecule has 1 N–H and O–H groups in total. The number of anilines is 1. The van der Waals surface area contributed by atoms with Gasteiger partial charge in [0.2, 0.25) is 16.8 Å². The number of nitrogens with one attached hydrogen (secondary N) is 1. The number of hydrogen-bond acceptors (Lipinski definition) is 7. The maximum Gasteiger partial charge on any atom is 0.331 e. The highest BCUT2D eigenvalue weighted by Gasteiger charge is 2.25. The topological polar surface area (TPSA) is 111 Å². The second kappa shape index (κ2) is 10.1. The van der Waals surface area contributed by atoms with Crippen LogP contribution in [0.3, 0.4) is 0 Å². The minimum atomic E-state index is -3.53. The molecule has 2 aromatic rings. The van der Waals surface area contributed by atoms with Crippen molar-refractivity contribution in [1.29, 1.82) is 0 Å². The van der Waals surface area contributed by atoms with Crippen molar-refractivity contribution in [3.05, 3.63) is 54.1 Å². The molecule has 0 unspecified atom stereocenters. The maximum absolute atomic E-state index is 12.7. The van der Waals surface area contributed by atoms with Crippen molar-refractivity contribution in [2.45, 2.75) is 24.2 Å². The summed E-state index contributed by atoms with van der Waals surface area (Å²) in [6.07, 6.45) is 5.51. The van der Waals surface area contributed by atoms with Crippen molar-refractivity contribution >= 4 is 33.7 Å². The molecule has 2 heterocycles. The Hall–Kier alpha value is -3.37. The molecule has 2 aliphatic rings. The summed E-state index contributed by atoms with van der Waals surface area (Å²) < 4.78 is 42.3. The summed E-state index contributed by atoms with van der Waals surface area (Å²) in [6.45, 7) is 0.735. The van der Waals surface area contributed by atoms with Gasteiger partial charge in [0.1, 0.15) is 0 Å². The van der Waals surface area contributed by atoms with E-state index in [9.17, 15) is 18.0 Å². The number of piperidine rings is 1. The Morgan fingerprint density at radius 1 is 1.00 bits per heavy atom. The zero-order valence-electron chi connectivity index (χ0n) is 17.9. The molecule has 0 saturated carbocycles. The van der Waals surface area contributed by atoms with Crippen LogP contribution >= 0.6 is 0 Å². The van der Waals surface area contributed by atoms with E-state index >= 15 is 0 Å². The minimum absolute atomic E-state index is 0.163. The Kier molecular flexibility index (Phi) is 6.95. The Morgan fingerprint density at radius 3 is 2.48 bits per heavy atom. The maximum atomic E-state index is 12.7. The van der Waals surface area contributed by atoms with Crippen molar-refractivity contribution in [3.63, 3.8) is 0 Å². The van der Waals surface area contributed by atoms with E-state index in [-0.39, 0.29) is 11.7 Å². The number of carbonyl (C=O) groups excluding carboxylic acids is 2. The number of esters is 1. The van der Waals surface area contributed by atoms with Crippen LogP contribution in [0.4, 0.5) is 5.69 Å². The molecule has 0 bridgehead atoms. The van der Waals surface area contributed by atoms with Crippen LogP contribution in [0.15, 0.2) is 53.4 Å². The first kappa shape index (κ1) is 22.8. The van der Waals surface area contributed by atoms with Crippen LogP contribution in [0, 0.1) is 0 Å². The Balaban J connectivity index is 1.26. The zero-order valence-corrected chi connectivity index (χ0v) is 18.7. The first-order valence-corrected chi connectivity index (χ1v) is 12.0. The van der Waals surface area contributed by atoms with E-state index in [0.29, 0.717) is 30.3 Å². The fraction of sp³-hybridized carbons (Fsp3) is 0.304. The minimum Gasteiger partial charge on any atom is -0.454 e. The Bertz CT molecular complexity index is 1150. The van der Waals surface area contributed by atoms with E-state index in [0.717, 1.165) is 24.8 Å². The number of ether oxygens (including phenoxy) is 3. The van der Waals surface area contributed by atoms with Crippen LogP contribution in [0.1, 0.15) is 24.8 Å². The van der Waals surface area contributed by atoms with E-state index < -0.39 is 28.5 Å². The van der Waals surface area contributed by atoms with E-state index in [1.54, 1.807) is 24.3 Å². The van der Waals surface area contributed by atoms with Crippen LogP contribution in [-0.2, 0) is 24.3 Å².